The van der Waals surface area contributed by atoms with Gasteiger partial charge in [0, 0.05) is 5.69 Å². The second-order valence-corrected chi connectivity index (χ2v) is 7.08. The van der Waals surface area contributed by atoms with Crippen molar-refractivity contribution in [2.75, 3.05) is 12.4 Å². The fraction of sp³-hybridized carbons (Fsp3) is 0.381. The lowest BCUT2D eigenvalue weighted by Gasteiger charge is -2.28. The van der Waals surface area contributed by atoms with E-state index in [1.807, 2.05) is 82.3 Å². The Balaban J connectivity index is 2.25. The lowest BCUT2D eigenvalue weighted by Crippen LogP contribution is -2.32. The molecule has 0 bridgehead atoms. The Labute approximate surface area is 150 Å². The lowest BCUT2D eigenvalue weighted by atomic mass is 9.94. The highest BCUT2D eigenvalue weighted by Crippen LogP contribution is 2.29. The van der Waals surface area contributed by atoms with Crippen LogP contribution in [0.2, 0.25) is 0 Å². The van der Waals surface area contributed by atoms with Crippen molar-refractivity contribution in [3.8, 4) is 5.75 Å². The molecular weight excluding hydrogens is 314 g/mol. The number of nitrogens with one attached hydrogen (secondary N) is 1. The van der Waals surface area contributed by atoms with E-state index in [9.17, 15) is 4.79 Å². The Bertz CT molecular complexity index is 675. The van der Waals surface area contributed by atoms with Gasteiger partial charge in [-0.1, -0.05) is 30.3 Å². The van der Waals surface area contributed by atoms with Crippen molar-refractivity contribution in [3.05, 3.63) is 60.2 Å². The van der Waals surface area contributed by atoms with Gasteiger partial charge < -0.3 is 14.8 Å². The first kappa shape index (κ1) is 18.8. The zero-order valence-electron chi connectivity index (χ0n) is 15.6. The van der Waals surface area contributed by atoms with Crippen molar-refractivity contribution < 1.29 is 14.3 Å². The zero-order valence-corrected chi connectivity index (χ0v) is 15.6. The minimum Gasteiger partial charge on any atom is -0.497 e. The molecule has 4 nitrogen and oxygen atoms in total. The molecule has 1 N–H and O–H groups in total. The molecule has 0 saturated heterocycles. The first-order valence-corrected chi connectivity index (χ1v) is 8.48. The van der Waals surface area contributed by atoms with Crippen LogP contribution in [0.4, 0.5) is 5.69 Å². The molecule has 0 aliphatic heterocycles. The maximum atomic E-state index is 12.6. The summed E-state index contributed by atoms with van der Waals surface area (Å²) in [4.78, 5) is 12.6. The molecule has 2 atom stereocenters. The van der Waals surface area contributed by atoms with E-state index in [1.165, 1.54) is 0 Å². The van der Waals surface area contributed by atoms with Crippen LogP contribution in [0.25, 0.3) is 0 Å². The van der Waals surface area contributed by atoms with E-state index in [-0.39, 0.29) is 17.9 Å². The van der Waals surface area contributed by atoms with E-state index in [0.29, 0.717) is 0 Å². The van der Waals surface area contributed by atoms with Crippen molar-refractivity contribution in [3.63, 3.8) is 0 Å². The number of hydrogen-bond acceptors (Lipinski definition) is 4. The number of anilines is 1. The maximum absolute atomic E-state index is 12.6. The number of methoxy groups -OCH3 is 1. The van der Waals surface area contributed by atoms with Gasteiger partial charge in [-0.05, 0) is 57.5 Å². The van der Waals surface area contributed by atoms with Crippen LogP contribution in [0.15, 0.2) is 54.6 Å². The predicted octanol–water partition coefficient (Wildman–Crippen LogP) is 4.83. The van der Waals surface area contributed by atoms with Crippen molar-refractivity contribution in [1.29, 1.82) is 0 Å². The minimum atomic E-state index is -0.507. The van der Waals surface area contributed by atoms with Gasteiger partial charge in [0.05, 0.1) is 19.1 Å². The van der Waals surface area contributed by atoms with Gasteiger partial charge in [-0.15, -0.1) is 0 Å². The molecule has 2 aromatic carbocycles. The average Bonchev–Trinajstić information content (AvgIpc) is 2.59. The van der Waals surface area contributed by atoms with E-state index in [4.69, 9.17) is 9.47 Å². The van der Waals surface area contributed by atoms with Crippen molar-refractivity contribution in [2.24, 2.45) is 5.92 Å². The molecule has 25 heavy (non-hydrogen) atoms. The number of ether oxygens (including phenoxy) is 2. The molecule has 134 valence electrons. The topological polar surface area (TPSA) is 47.6 Å². The third-order valence-electron chi connectivity index (χ3n) is 3.85. The van der Waals surface area contributed by atoms with Gasteiger partial charge in [0.1, 0.15) is 11.4 Å². The molecule has 0 aromatic heterocycles. The molecule has 0 heterocycles. The smallest absolute Gasteiger partial charge is 0.311 e. The van der Waals surface area contributed by atoms with E-state index < -0.39 is 5.60 Å². The van der Waals surface area contributed by atoms with Gasteiger partial charge in [0.25, 0.3) is 0 Å². The second kappa shape index (κ2) is 8.06. The molecule has 2 rings (SSSR count). The molecule has 2 aromatic rings. The third-order valence-corrected chi connectivity index (χ3v) is 3.85. The third kappa shape index (κ3) is 5.52. The second-order valence-electron chi connectivity index (χ2n) is 7.08. The molecule has 0 saturated carbocycles. The van der Waals surface area contributed by atoms with Crippen molar-refractivity contribution >= 4 is 11.7 Å². The summed E-state index contributed by atoms with van der Waals surface area (Å²) in [5, 5.41) is 3.46. The van der Waals surface area contributed by atoms with E-state index in [0.717, 1.165) is 17.0 Å². The van der Waals surface area contributed by atoms with E-state index in [2.05, 4.69) is 5.32 Å². The van der Waals surface area contributed by atoms with Crippen LogP contribution in [-0.2, 0) is 9.53 Å². The fourth-order valence-corrected chi connectivity index (χ4v) is 2.55. The predicted molar refractivity (Wildman–Crippen MR) is 101 cm³/mol. The summed E-state index contributed by atoms with van der Waals surface area (Å²) < 4.78 is 10.8. The molecule has 4 heteroatoms. The van der Waals surface area contributed by atoms with Crippen LogP contribution in [0.3, 0.4) is 0 Å². The largest absolute Gasteiger partial charge is 0.497 e. The van der Waals surface area contributed by atoms with Crippen molar-refractivity contribution in [2.45, 2.75) is 39.3 Å². The zero-order chi connectivity index (χ0) is 18.4. The van der Waals surface area contributed by atoms with Crippen LogP contribution < -0.4 is 10.1 Å². The molecule has 0 unspecified atom stereocenters. The van der Waals surface area contributed by atoms with Crippen molar-refractivity contribution in [1.82, 2.24) is 0 Å². The Kier molecular flexibility index (Phi) is 6.07. The summed E-state index contributed by atoms with van der Waals surface area (Å²) in [5.41, 5.74) is 1.45. The summed E-state index contributed by atoms with van der Waals surface area (Å²) in [7, 11) is 1.64. The van der Waals surface area contributed by atoms with Gasteiger partial charge in [-0.3, -0.25) is 4.79 Å². The Morgan fingerprint density at radius 3 is 2.12 bits per heavy atom. The van der Waals surface area contributed by atoms with E-state index >= 15 is 0 Å². The summed E-state index contributed by atoms with van der Waals surface area (Å²) in [6, 6.07) is 17.4. The highest BCUT2D eigenvalue weighted by molar-refractivity contribution is 5.74. The molecule has 0 spiro atoms. The summed E-state index contributed by atoms with van der Waals surface area (Å²) >= 11 is 0. The monoisotopic (exact) mass is 341 g/mol. The molecule has 0 fully saturated rings. The minimum absolute atomic E-state index is 0.190. The normalized spacial score (nSPS) is 13.6. The summed E-state index contributed by atoms with van der Waals surface area (Å²) in [6.45, 7) is 7.53. The summed E-state index contributed by atoms with van der Waals surface area (Å²) in [5.74, 6) is 0.230. The molecule has 0 radical (unpaired) electrons. The molecule has 0 aliphatic rings. The fourth-order valence-electron chi connectivity index (χ4n) is 2.55. The van der Waals surface area contributed by atoms with Crippen LogP contribution in [0.1, 0.15) is 39.3 Å². The Hall–Kier alpha value is -2.49. The standard InChI is InChI=1S/C21H27NO3/c1-15(20(23)25-21(2,3)4)19(16-9-7-6-8-10-16)22-17-11-13-18(24-5)14-12-17/h6-15,19,22H,1-5H3/t15-,19+/m1/s1. The highest BCUT2D eigenvalue weighted by Gasteiger charge is 2.29. The number of carbonyl (C=O) groups is 1. The number of rotatable bonds is 6. The average molecular weight is 341 g/mol. The highest BCUT2D eigenvalue weighted by atomic mass is 16.6. The number of esters is 1. The molecular formula is C21H27NO3. The van der Waals surface area contributed by atoms with E-state index in [1.54, 1.807) is 7.11 Å². The van der Waals surface area contributed by atoms with Crippen LogP contribution in [-0.4, -0.2) is 18.7 Å². The van der Waals surface area contributed by atoms with Crippen LogP contribution >= 0.6 is 0 Å². The van der Waals surface area contributed by atoms with Crippen LogP contribution in [0, 0.1) is 5.92 Å². The van der Waals surface area contributed by atoms with Gasteiger partial charge in [-0.2, -0.15) is 0 Å². The summed E-state index contributed by atoms with van der Waals surface area (Å²) in [6.07, 6.45) is 0. The first-order chi connectivity index (χ1) is 11.8. The van der Waals surface area contributed by atoms with Gasteiger partial charge >= 0.3 is 5.97 Å². The Morgan fingerprint density at radius 1 is 1.00 bits per heavy atom. The van der Waals surface area contributed by atoms with Crippen LogP contribution in [0.5, 0.6) is 5.75 Å². The maximum Gasteiger partial charge on any atom is 0.311 e. The first-order valence-electron chi connectivity index (χ1n) is 8.48. The number of carbonyl (C=O) groups excluding carboxylic acids is 1. The lowest BCUT2D eigenvalue weighted by molar-refractivity contribution is -0.159. The molecule has 0 amide bonds. The van der Waals surface area contributed by atoms with Gasteiger partial charge in [0.2, 0.25) is 0 Å². The van der Waals surface area contributed by atoms with Gasteiger partial charge in [0.15, 0.2) is 0 Å². The number of benzene rings is 2. The Morgan fingerprint density at radius 2 is 1.60 bits per heavy atom. The quantitative estimate of drug-likeness (QED) is 0.765. The number of hydrogen-bond donors (Lipinski definition) is 1. The SMILES string of the molecule is COc1ccc(N[C@H](c2ccccc2)[C@@H](C)C(=O)OC(C)(C)C)cc1. The molecule has 0 aliphatic carbocycles. The van der Waals surface area contributed by atoms with Gasteiger partial charge in [-0.25, -0.2) is 0 Å².